The first-order valence-corrected chi connectivity index (χ1v) is 7.41. The van der Waals surface area contributed by atoms with Crippen LogP contribution in [0.25, 0.3) is 0 Å². The summed E-state index contributed by atoms with van der Waals surface area (Å²) in [7, 11) is 1.88. The molecule has 1 atom stereocenters. The van der Waals surface area contributed by atoms with Crippen LogP contribution in [0, 0.1) is 0 Å². The van der Waals surface area contributed by atoms with Gasteiger partial charge in [-0.25, -0.2) is 0 Å². The van der Waals surface area contributed by atoms with Gasteiger partial charge >= 0.3 is 0 Å². The molecular weight excluding hydrogens is 238 g/mol. The summed E-state index contributed by atoms with van der Waals surface area (Å²) in [6.45, 7) is 6.37. The van der Waals surface area contributed by atoms with Gasteiger partial charge in [-0.2, -0.15) is 5.10 Å². The zero-order chi connectivity index (χ0) is 14.3. The first kappa shape index (κ1) is 15.7. The largest absolute Gasteiger partial charge is 0.293 e. The van der Waals surface area contributed by atoms with E-state index in [0.29, 0.717) is 6.42 Å². The van der Waals surface area contributed by atoms with Crippen LogP contribution in [-0.4, -0.2) is 21.7 Å². The van der Waals surface area contributed by atoms with Crippen LogP contribution in [0.3, 0.4) is 0 Å². The molecule has 0 bridgehead atoms. The summed E-state index contributed by atoms with van der Waals surface area (Å²) in [4.78, 5) is 14.2. The summed E-state index contributed by atoms with van der Waals surface area (Å²) in [6, 6.07) is 2.12. The first-order valence-electron chi connectivity index (χ1n) is 7.41. The molecule has 0 aliphatic heterocycles. The minimum atomic E-state index is 0.198. The quantitative estimate of drug-likeness (QED) is 0.674. The molecule has 0 saturated heterocycles. The van der Waals surface area contributed by atoms with Gasteiger partial charge in [0, 0.05) is 31.8 Å². The molecule has 0 aliphatic rings. The predicted molar refractivity (Wildman–Crippen MR) is 79.2 cm³/mol. The number of rotatable bonds is 8. The molecule has 0 saturated carbocycles. The van der Waals surface area contributed by atoms with Gasteiger partial charge in [-0.1, -0.05) is 33.1 Å². The van der Waals surface area contributed by atoms with Crippen molar-refractivity contribution in [3.05, 3.63) is 12.3 Å². The molecule has 0 radical (unpaired) electrons. The van der Waals surface area contributed by atoms with Gasteiger partial charge in [-0.05, 0) is 19.8 Å². The number of carbonyl (C=O) groups excluding carboxylic acids is 1. The number of nitrogens with zero attached hydrogens (tertiary/aromatic N) is 3. The monoisotopic (exact) mass is 265 g/mol. The molecule has 19 heavy (non-hydrogen) atoms. The molecule has 108 valence electrons. The number of amides is 1. The van der Waals surface area contributed by atoms with Crippen molar-refractivity contribution in [1.29, 1.82) is 0 Å². The molecule has 0 aromatic carbocycles. The van der Waals surface area contributed by atoms with Gasteiger partial charge in [-0.3, -0.25) is 14.4 Å². The van der Waals surface area contributed by atoms with Crippen molar-refractivity contribution in [1.82, 2.24) is 9.78 Å². The standard InChI is InChI=1S/C15H27N3O/c1-5-7-8-9-10-15(19)18(13(3)6-2)14-11-12-17(4)16-14/h11-13H,5-10H2,1-4H3. The van der Waals surface area contributed by atoms with Crippen molar-refractivity contribution in [3.8, 4) is 0 Å². The second-order valence-corrected chi connectivity index (χ2v) is 5.18. The molecule has 1 unspecified atom stereocenters. The molecule has 0 aliphatic carbocycles. The Balaban J connectivity index is 2.66. The molecule has 0 spiro atoms. The predicted octanol–water partition coefficient (Wildman–Crippen LogP) is 3.52. The maximum Gasteiger partial charge on any atom is 0.228 e. The first-order chi connectivity index (χ1) is 9.10. The van der Waals surface area contributed by atoms with Gasteiger partial charge in [0.25, 0.3) is 0 Å². The highest BCUT2D eigenvalue weighted by Crippen LogP contribution is 2.18. The summed E-state index contributed by atoms with van der Waals surface area (Å²) in [5.74, 6) is 0.974. The number of hydrogen-bond donors (Lipinski definition) is 0. The topological polar surface area (TPSA) is 38.1 Å². The Morgan fingerprint density at radius 2 is 2.11 bits per heavy atom. The van der Waals surface area contributed by atoms with Gasteiger partial charge in [0.05, 0.1) is 0 Å². The number of aromatic nitrogens is 2. The second kappa shape index (κ2) is 7.97. The lowest BCUT2D eigenvalue weighted by molar-refractivity contribution is -0.119. The summed E-state index contributed by atoms with van der Waals surface area (Å²) in [6.07, 6.45) is 7.97. The van der Waals surface area contributed by atoms with Gasteiger partial charge in [-0.15, -0.1) is 0 Å². The van der Waals surface area contributed by atoms with Crippen LogP contribution < -0.4 is 4.90 Å². The summed E-state index contributed by atoms with van der Waals surface area (Å²) >= 11 is 0. The van der Waals surface area contributed by atoms with Crippen molar-refractivity contribution >= 4 is 11.7 Å². The average Bonchev–Trinajstić information content (AvgIpc) is 2.81. The van der Waals surface area contributed by atoms with Crippen LogP contribution >= 0.6 is 0 Å². The average molecular weight is 265 g/mol. The van der Waals surface area contributed by atoms with E-state index in [1.165, 1.54) is 12.8 Å². The fraction of sp³-hybridized carbons (Fsp3) is 0.733. The molecule has 1 aromatic rings. The maximum absolute atomic E-state index is 12.4. The molecule has 4 nitrogen and oxygen atoms in total. The molecule has 1 heterocycles. The Morgan fingerprint density at radius 1 is 1.37 bits per heavy atom. The van der Waals surface area contributed by atoms with E-state index in [4.69, 9.17) is 0 Å². The Morgan fingerprint density at radius 3 is 2.63 bits per heavy atom. The van der Waals surface area contributed by atoms with E-state index < -0.39 is 0 Å². The fourth-order valence-electron chi connectivity index (χ4n) is 2.14. The van der Waals surface area contributed by atoms with Crippen molar-refractivity contribution in [3.63, 3.8) is 0 Å². The fourth-order valence-corrected chi connectivity index (χ4v) is 2.14. The van der Waals surface area contributed by atoms with Crippen molar-refractivity contribution in [2.24, 2.45) is 7.05 Å². The number of hydrogen-bond acceptors (Lipinski definition) is 2. The second-order valence-electron chi connectivity index (χ2n) is 5.18. The van der Waals surface area contributed by atoms with Gasteiger partial charge in [0.2, 0.25) is 5.91 Å². The molecule has 4 heteroatoms. The highest BCUT2D eigenvalue weighted by atomic mass is 16.2. The number of carbonyl (C=O) groups is 1. The van der Waals surface area contributed by atoms with Crippen LogP contribution in [-0.2, 0) is 11.8 Å². The summed E-state index contributed by atoms with van der Waals surface area (Å²) < 4.78 is 1.75. The van der Waals surface area contributed by atoms with Crippen LogP contribution in [0.2, 0.25) is 0 Å². The van der Waals surface area contributed by atoms with E-state index >= 15 is 0 Å². The van der Waals surface area contributed by atoms with Crippen LogP contribution in [0.15, 0.2) is 12.3 Å². The van der Waals surface area contributed by atoms with E-state index in [1.807, 2.05) is 24.2 Å². The lowest BCUT2D eigenvalue weighted by atomic mass is 10.1. The molecule has 0 fully saturated rings. The third-order valence-corrected chi connectivity index (χ3v) is 3.49. The SMILES string of the molecule is CCCCCCC(=O)N(c1ccn(C)n1)C(C)CC. The summed E-state index contributed by atoms with van der Waals surface area (Å²) in [5.41, 5.74) is 0. The molecule has 0 N–H and O–H groups in total. The van der Waals surface area contributed by atoms with Crippen LogP contribution in [0.1, 0.15) is 59.3 Å². The lowest BCUT2D eigenvalue weighted by Gasteiger charge is -2.26. The zero-order valence-corrected chi connectivity index (χ0v) is 12.7. The minimum Gasteiger partial charge on any atom is -0.293 e. The van der Waals surface area contributed by atoms with E-state index in [1.54, 1.807) is 4.68 Å². The van der Waals surface area contributed by atoms with Crippen molar-refractivity contribution in [2.45, 2.75) is 65.3 Å². The zero-order valence-electron chi connectivity index (χ0n) is 12.7. The van der Waals surface area contributed by atoms with E-state index in [0.717, 1.165) is 25.1 Å². The molecule has 1 rings (SSSR count). The maximum atomic E-state index is 12.4. The third-order valence-electron chi connectivity index (χ3n) is 3.49. The van der Waals surface area contributed by atoms with Gasteiger partial charge in [0.1, 0.15) is 0 Å². The third kappa shape index (κ3) is 4.69. The van der Waals surface area contributed by atoms with Crippen molar-refractivity contribution in [2.75, 3.05) is 4.90 Å². The highest BCUT2D eigenvalue weighted by molar-refractivity contribution is 5.92. The van der Waals surface area contributed by atoms with E-state index in [2.05, 4.69) is 25.9 Å². The Hall–Kier alpha value is -1.32. The Bertz CT molecular complexity index is 386. The van der Waals surface area contributed by atoms with Gasteiger partial charge in [0.15, 0.2) is 5.82 Å². The summed E-state index contributed by atoms with van der Waals surface area (Å²) in [5, 5.41) is 4.37. The smallest absolute Gasteiger partial charge is 0.228 e. The van der Waals surface area contributed by atoms with E-state index in [-0.39, 0.29) is 11.9 Å². The number of unbranched alkanes of at least 4 members (excludes halogenated alkanes) is 3. The minimum absolute atomic E-state index is 0.198. The Kier molecular flexibility index (Phi) is 6.60. The van der Waals surface area contributed by atoms with E-state index in [9.17, 15) is 4.79 Å². The molecule has 1 amide bonds. The molecule has 1 aromatic heterocycles. The van der Waals surface area contributed by atoms with Gasteiger partial charge < -0.3 is 0 Å². The normalized spacial score (nSPS) is 12.4. The number of aryl methyl sites for hydroxylation is 1. The van der Waals surface area contributed by atoms with Crippen LogP contribution in [0.4, 0.5) is 5.82 Å². The van der Waals surface area contributed by atoms with Crippen LogP contribution in [0.5, 0.6) is 0 Å². The molecular formula is C15H27N3O. The lowest BCUT2D eigenvalue weighted by Crippen LogP contribution is -2.38. The number of anilines is 1. The van der Waals surface area contributed by atoms with Crippen molar-refractivity contribution < 1.29 is 4.79 Å². The highest BCUT2D eigenvalue weighted by Gasteiger charge is 2.22. The Labute approximate surface area is 116 Å².